The summed E-state index contributed by atoms with van der Waals surface area (Å²) in [5, 5.41) is 26.0. The van der Waals surface area contributed by atoms with E-state index in [0.29, 0.717) is 16.9 Å². The van der Waals surface area contributed by atoms with Crippen molar-refractivity contribution >= 4 is 23.2 Å². The van der Waals surface area contributed by atoms with E-state index in [1.165, 1.54) is 36.1 Å². The van der Waals surface area contributed by atoms with Gasteiger partial charge in [0.15, 0.2) is 11.5 Å². The van der Waals surface area contributed by atoms with E-state index in [4.69, 9.17) is 11.0 Å². The van der Waals surface area contributed by atoms with Gasteiger partial charge < -0.3 is 16.2 Å². The zero-order chi connectivity index (χ0) is 28.3. The van der Waals surface area contributed by atoms with Gasteiger partial charge in [0.25, 0.3) is 0 Å². The van der Waals surface area contributed by atoms with Crippen LogP contribution in [0.15, 0.2) is 42.9 Å². The molecule has 0 aliphatic carbocycles. The molecule has 198 valence electrons. The average Bonchev–Trinajstić information content (AvgIpc) is 3.46. The van der Waals surface area contributed by atoms with E-state index < -0.39 is 40.1 Å². The molecule has 6 rings (SSSR count). The highest BCUT2D eigenvalue weighted by Crippen LogP contribution is 2.46. The summed E-state index contributed by atoms with van der Waals surface area (Å²) >= 11 is 0. The highest BCUT2D eigenvalue weighted by molar-refractivity contribution is 6.09. The van der Waals surface area contributed by atoms with Crippen LogP contribution in [0.3, 0.4) is 0 Å². The molecule has 0 radical (unpaired) electrons. The number of phenols is 1. The SMILES string of the molecule is C[C@@]1(c2cc(O)c(C#N)c(F)c2)C(=O)Nc2nc(-c3cn4ncnc4c(Cc4cc(F)cc(F)c4)n3)nc(N)c21. The molecule has 0 saturated carbocycles. The molecule has 4 heterocycles. The Kier molecular flexibility index (Phi) is 5.40. The number of aromatic nitrogens is 6. The molecular formula is C26H16F3N9O2. The first-order valence-corrected chi connectivity index (χ1v) is 11.7. The Bertz CT molecular complexity index is 1890. The van der Waals surface area contributed by atoms with Gasteiger partial charge in [-0.2, -0.15) is 10.4 Å². The van der Waals surface area contributed by atoms with Crippen molar-refractivity contribution in [3.63, 3.8) is 0 Å². The Hall–Kier alpha value is -5.58. The van der Waals surface area contributed by atoms with E-state index in [9.17, 15) is 23.1 Å². The number of hydrogen-bond acceptors (Lipinski definition) is 9. The van der Waals surface area contributed by atoms with Crippen LogP contribution in [0.5, 0.6) is 5.75 Å². The fraction of sp³-hybridized carbons (Fsp3) is 0.115. The molecule has 14 heteroatoms. The van der Waals surface area contributed by atoms with Gasteiger partial charge in [-0.05, 0) is 42.3 Å². The second-order valence-corrected chi connectivity index (χ2v) is 9.25. The molecule has 4 N–H and O–H groups in total. The number of halogens is 3. The van der Waals surface area contributed by atoms with Crippen LogP contribution in [0, 0.1) is 28.8 Å². The number of nitrogens with one attached hydrogen (secondary N) is 1. The van der Waals surface area contributed by atoms with E-state index in [0.717, 1.165) is 18.2 Å². The number of rotatable bonds is 4. The van der Waals surface area contributed by atoms with Crippen LogP contribution in [0.2, 0.25) is 0 Å². The number of amides is 1. The number of anilines is 2. The number of aromatic hydroxyl groups is 1. The third-order valence-electron chi connectivity index (χ3n) is 6.74. The van der Waals surface area contributed by atoms with Crippen LogP contribution in [-0.4, -0.2) is 40.6 Å². The largest absolute Gasteiger partial charge is 0.506 e. The van der Waals surface area contributed by atoms with Gasteiger partial charge in [-0.15, -0.1) is 0 Å². The summed E-state index contributed by atoms with van der Waals surface area (Å²) < 4.78 is 43.5. The molecule has 0 saturated heterocycles. The first-order valence-electron chi connectivity index (χ1n) is 11.7. The number of phenolic OH excluding ortho intramolecular Hbond substituents is 1. The summed E-state index contributed by atoms with van der Waals surface area (Å²) in [6.07, 6.45) is 2.77. The minimum Gasteiger partial charge on any atom is -0.506 e. The van der Waals surface area contributed by atoms with Crippen molar-refractivity contribution in [3.8, 4) is 23.3 Å². The van der Waals surface area contributed by atoms with E-state index in [1.807, 2.05) is 0 Å². The van der Waals surface area contributed by atoms with Crippen LogP contribution < -0.4 is 11.1 Å². The number of nitrogen functional groups attached to an aromatic ring is 1. The van der Waals surface area contributed by atoms with Crippen molar-refractivity contribution in [2.45, 2.75) is 18.8 Å². The van der Waals surface area contributed by atoms with E-state index >= 15 is 0 Å². The second kappa shape index (κ2) is 8.73. The molecular weight excluding hydrogens is 527 g/mol. The lowest BCUT2D eigenvalue weighted by atomic mass is 9.77. The third-order valence-corrected chi connectivity index (χ3v) is 6.74. The summed E-state index contributed by atoms with van der Waals surface area (Å²) in [7, 11) is 0. The van der Waals surface area contributed by atoms with Crippen molar-refractivity contribution in [2.24, 2.45) is 0 Å². The standard InChI is InChI=1S/C26H16F3N9O2/c1-26(12-5-16(29)15(8-30)19(39)6-12)20-21(31)35-22(36-23(20)37-25(26)40)18-9-38-24(32-10-33-38)17(34-18)4-11-2-13(27)7-14(28)3-11/h2-3,5-7,9-10,39H,4H2,1H3,(H3,31,35,36,37,40)/t26-/m0/s1. The number of nitrogens with two attached hydrogens (primary N) is 1. The Morgan fingerprint density at radius 1 is 1.12 bits per heavy atom. The smallest absolute Gasteiger partial charge is 0.240 e. The number of nitriles is 1. The van der Waals surface area contributed by atoms with Crippen molar-refractivity contribution in [2.75, 3.05) is 11.1 Å². The zero-order valence-electron chi connectivity index (χ0n) is 20.4. The molecule has 0 spiro atoms. The lowest BCUT2D eigenvalue weighted by molar-refractivity contribution is -0.119. The van der Waals surface area contributed by atoms with Gasteiger partial charge >= 0.3 is 0 Å². The number of nitrogens with zero attached hydrogens (tertiary/aromatic N) is 7. The topological polar surface area (TPSA) is 168 Å². The molecule has 5 aromatic rings. The molecule has 2 aromatic carbocycles. The van der Waals surface area contributed by atoms with Crippen LogP contribution in [0.4, 0.5) is 24.8 Å². The number of benzene rings is 2. The van der Waals surface area contributed by atoms with Crippen molar-refractivity contribution < 1.29 is 23.1 Å². The van der Waals surface area contributed by atoms with Crippen LogP contribution in [-0.2, 0) is 16.6 Å². The quantitative estimate of drug-likeness (QED) is 0.309. The normalized spacial score (nSPS) is 16.1. The molecule has 1 aliphatic heterocycles. The predicted molar refractivity (Wildman–Crippen MR) is 133 cm³/mol. The lowest BCUT2D eigenvalue weighted by Gasteiger charge is -2.24. The van der Waals surface area contributed by atoms with Gasteiger partial charge in [-0.25, -0.2) is 37.6 Å². The molecule has 0 fully saturated rings. The maximum absolute atomic E-state index is 14.5. The van der Waals surface area contributed by atoms with Crippen molar-refractivity contribution in [1.82, 2.24) is 29.5 Å². The fourth-order valence-electron chi connectivity index (χ4n) is 4.81. The minimum atomic E-state index is -1.60. The predicted octanol–water partition coefficient (Wildman–Crippen LogP) is 3.01. The lowest BCUT2D eigenvalue weighted by Crippen LogP contribution is -2.33. The Labute approximate surface area is 222 Å². The minimum absolute atomic E-state index is 0.00118. The highest BCUT2D eigenvalue weighted by Gasteiger charge is 2.48. The summed E-state index contributed by atoms with van der Waals surface area (Å²) in [6.45, 7) is 1.46. The van der Waals surface area contributed by atoms with E-state index in [2.05, 4.69) is 30.4 Å². The van der Waals surface area contributed by atoms with E-state index in [1.54, 1.807) is 6.07 Å². The summed E-state index contributed by atoms with van der Waals surface area (Å²) in [4.78, 5) is 30.7. The Morgan fingerprint density at radius 2 is 1.88 bits per heavy atom. The van der Waals surface area contributed by atoms with Gasteiger partial charge in [-0.1, -0.05) is 0 Å². The summed E-state index contributed by atoms with van der Waals surface area (Å²) in [5.41, 5.74) is 5.46. The molecule has 0 unspecified atom stereocenters. The first-order chi connectivity index (χ1) is 19.1. The van der Waals surface area contributed by atoms with Crippen LogP contribution >= 0.6 is 0 Å². The molecule has 1 amide bonds. The number of hydrogen-bond donors (Lipinski definition) is 3. The average molecular weight is 543 g/mol. The van der Waals surface area contributed by atoms with Gasteiger partial charge in [-0.3, -0.25) is 4.79 Å². The second-order valence-electron chi connectivity index (χ2n) is 9.25. The van der Waals surface area contributed by atoms with E-state index in [-0.39, 0.29) is 40.7 Å². The van der Waals surface area contributed by atoms with Gasteiger partial charge in [0.1, 0.15) is 63.9 Å². The van der Waals surface area contributed by atoms with Crippen LogP contribution in [0.25, 0.3) is 17.2 Å². The van der Waals surface area contributed by atoms with Crippen molar-refractivity contribution in [1.29, 1.82) is 5.26 Å². The maximum atomic E-state index is 14.5. The van der Waals surface area contributed by atoms with Gasteiger partial charge in [0, 0.05) is 12.5 Å². The molecule has 3 aromatic heterocycles. The fourth-order valence-corrected chi connectivity index (χ4v) is 4.81. The van der Waals surface area contributed by atoms with Crippen molar-refractivity contribution in [3.05, 3.63) is 88.3 Å². The van der Waals surface area contributed by atoms with Crippen LogP contribution in [0.1, 0.15) is 34.9 Å². The zero-order valence-corrected chi connectivity index (χ0v) is 20.4. The van der Waals surface area contributed by atoms with Gasteiger partial charge in [0.05, 0.1) is 17.5 Å². The van der Waals surface area contributed by atoms with Gasteiger partial charge in [0.2, 0.25) is 5.91 Å². The highest BCUT2D eigenvalue weighted by atomic mass is 19.1. The molecule has 1 aliphatic rings. The maximum Gasteiger partial charge on any atom is 0.240 e. The number of fused-ring (bicyclic) bond motifs is 2. The Balaban J connectivity index is 1.46. The number of carbonyl (C=O) groups excluding carboxylic acids is 1. The summed E-state index contributed by atoms with van der Waals surface area (Å²) in [5.74, 6) is -3.83. The molecule has 1 atom stereocenters. The number of carbonyl (C=O) groups is 1. The summed E-state index contributed by atoms with van der Waals surface area (Å²) in [6, 6.07) is 6.77. The monoisotopic (exact) mass is 543 g/mol. The first kappa shape index (κ1) is 24.7. The molecule has 40 heavy (non-hydrogen) atoms. The third kappa shape index (κ3) is 3.75. The Morgan fingerprint density at radius 3 is 2.58 bits per heavy atom. The molecule has 11 nitrogen and oxygen atoms in total. The molecule has 0 bridgehead atoms.